The molecule has 0 radical (unpaired) electrons. The molecule has 0 aromatic carbocycles. The summed E-state index contributed by atoms with van der Waals surface area (Å²) in [5.41, 5.74) is 0. The lowest BCUT2D eigenvalue weighted by molar-refractivity contribution is -0.110. The molecule has 2 unspecified atom stereocenters. The van der Waals surface area contributed by atoms with Crippen LogP contribution in [0.5, 0.6) is 0 Å². The van der Waals surface area contributed by atoms with Crippen LogP contribution in [0.4, 0.5) is 0 Å². The van der Waals surface area contributed by atoms with E-state index in [-0.39, 0.29) is 0 Å². The van der Waals surface area contributed by atoms with Gasteiger partial charge in [-0.05, 0) is 24.7 Å². The first-order valence-electron chi connectivity index (χ1n) is 6.61. The molecule has 15 heavy (non-hydrogen) atoms. The molecular formula is C13H23NO. The van der Waals surface area contributed by atoms with E-state index in [2.05, 4.69) is 5.32 Å². The van der Waals surface area contributed by atoms with E-state index in [1.165, 1.54) is 57.8 Å². The van der Waals surface area contributed by atoms with E-state index in [0.29, 0.717) is 6.04 Å². The Labute approximate surface area is 92.8 Å². The summed E-state index contributed by atoms with van der Waals surface area (Å²) < 4.78 is 0. The molecule has 2 nitrogen and oxygen atoms in total. The van der Waals surface area contributed by atoms with Crippen LogP contribution >= 0.6 is 0 Å². The van der Waals surface area contributed by atoms with Crippen LogP contribution < -0.4 is 5.32 Å². The molecule has 2 rings (SSSR count). The highest BCUT2D eigenvalue weighted by molar-refractivity contribution is 5.46. The average molecular weight is 209 g/mol. The van der Waals surface area contributed by atoms with Gasteiger partial charge in [0.1, 0.15) is 0 Å². The van der Waals surface area contributed by atoms with Crippen LogP contribution in [0.1, 0.15) is 57.8 Å². The van der Waals surface area contributed by atoms with E-state index in [1.54, 1.807) is 0 Å². The van der Waals surface area contributed by atoms with Crippen molar-refractivity contribution in [2.75, 3.05) is 0 Å². The molecule has 1 amide bonds. The predicted octanol–water partition coefficient (Wildman–Crippen LogP) is 2.87. The number of nitrogens with one attached hydrogen (secondary N) is 1. The third-order valence-electron chi connectivity index (χ3n) is 4.36. The normalized spacial score (nSPS) is 33.6. The van der Waals surface area contributed by atoms with Gasteiger partial charge in [0.05, 0.1) is 0 Å². The van der Waals surface area contributed by atoms with E-state index in [4.69, 9.17) is 0 Å². The van der Waals surface area contributed by atoms with Gasteiger partial charge in [-0.25, -0.2) is 0 Å². The molecule has 0 bridgehead atoms. The molecule has 2 heteroatoms. The molecule has 0 aliphatic heterocycles. The van der Waals surface area contributed by atoms with Gasteiger partial charge in [0.25, 0.3) is 0 Å². The second-order valence-electron chi connectivity index (χ2n) is 5.24. The fraction of sp³-hybridized carbons (Fsp3) is 0.923. The first-order chi connectivity index (χ1) is 7.42. The van der Waals surface area contributed by atoms with Gasteiger partial charge in [-0.3, -0.25) is 4.79 Å². The van der Waals surface area contributed by atoms with Crippen molar-refractivity contribution in [1.82, 2.24) is 5.32 Å². The van der Waals surface area contributed by atoms with Crippen LogP contribution in [-0.4, -0.2) is 12.5 Å². The molecule has 2 fully saturated rings. The first kappa shape index (κ1) is 11.0. The van der Waals surface area contributed by atoms with E-state index >= 15 is 0 Å². The van der Waals surface area contributed by atoms with Gasteiger partial charge in [-0.2, -0.15) is 0 Å². The zero-order chi connectivity index (χ0) is 10.5. The molecule has 0 saturated heterocycles. The van der Waals surface area contributed by atoms with E-state index < -0.39 is 0 Å². The van der Waals surface area contributed by atoms with Gasteiger partial charge in [0, 0.05) is 6.04 Å². The third-order valence-corrected chi connectivity index (χ3v) is 4.36. The van der Waals surface area contributed by atoms with Crippen LogP contribution in [0.3, 0.4) is 0 Å². The van der Waals surface area contributed by atoms with Gasteiger partial charge in [0.15, 0.2) is 0 Å². The summed E-state index contributed by atoms with van der Waals surface area (Å²) in [4.78, 5) is 10.6. The first-order valence-corrected chi connectivity index (χ1v) is 6.61. The Morgan fingerprint density at radius 1 is 0.867 bits per heavy atom. The van der Waals surface area contributed by atoms with Crippen molar-refractivity contribution in [2.45, 2.75) is 63.8 Å². The van der Waals surface area contributed by atoms with Crippen LogP contribution in [-0.2, 0) is 4.79 Å². The number of amides is 1. The molecule has 0 heterocycles. The smallest absolute Gasteiger partial charge is 0.207 e. The van der Waals surface area contributed by atoms with Gasteiger partial charge < -0.3 is 5.32 Å². The lowest BCUT2D eigenvalue weighted by Crippen LogP contribution is -2.41. The summed E-state index contributed by atoms with van der Waals surface area (Å²) in [5.74, 6) is 1.68. The highest BCUT2D eigenvalue weighted by Crippen LogP contribution is 2.38. The van der Waals surface area contributed by atoms with Crippen LogP contribution in [0.25, 0.3) is 0 Å². The lowest BCUT2D eigenvalue weighted by Gasteiger charge is -2.38. The van der Waals surface area contributed by atoms with Crippen molar-refractivity contribution in [3.05, 3.63) is 0 Å². The van der Waals surface area contributed by atoms with E-state index in [1.807, 2.05) is 0 Å². The Balaban J connectivity index is 1.93. The summed E-state index contributed by atoms with van der Waals surface area (Å²) >= 11 is 0. The number of carbonyl (C=O) groups is 1. The lowest BCUT2D eigenvalue weighted by atomic mass is 9.71. The molecule has 0 aromatic rings. The van der Waals surface area contributed by atoms with Crippen LogP contribution in [0, 0.1) is 11.8 Å². The molecule has 0 aromatic heterocycles. The topological polar surface area (TPSA) is 29.1 Å². The molecule has 2 atom stereocenters. The van der Waals surface area contributed by atoms with Crippen LogP contribution in [0.2, 0.25) is 0 Å². The van der Waals surface area contributed by atoms with Gasteiger partial charge >= 0.3 is 0 Å². The molecule has 0 spiro atoms. The highest BCUT2D eigenvalue weighted by Gasteiger charge is 2.31. The number of carbonyl (C=O) groups excluding carboxylic acids is 1. The van der Waals surface area contributed by atoms with Crippen molar-refractivity contribution in [3.8, 4) is 0 Å². The summed E-state index contributed by atoms with van der Waals surface area (Å²) in [6.45, 7) is 0. The number of hydrogen-bond acceptors (Lipinski definition) is 1. The van der Waals surface area contributed by atoms with Crippen molar-refractivity contribution in [3.63, 3.8) is 0 Å². The molecule has 1 N–H and O–H groups in total. The number of rotatable bonds is 3. The molecule has 2 aliphatic rings. The maximum absolute atomic E-state index is 10.6. The average Bonchev–Trinajstić information content (AvgIpc) is 2.31. The maximum Gasteiger partial charge on any atom is 0.207 e. The van der Waals surface area contributed by atoms with Crippen LogP contribution in [0.15, 0.2) is 0 Å². The van der Waals surface area contributed by atoms with Gasteiger partial charge in [-0.15, -0.1) is 0 Å². The summed E-state index contributed by atoms with van der Waals surface area (Å²) in [6.07, 6.45) is 13.2. The zero-order valence-electron chi connectivity index (χ0n) is 9.58. The summed E-state index contributed by atoms with van der Waals surface area (Å²) in [6, 6.07) is 0.486. The maximum atomic E-state index is 10.6. The van der Waals surface area contributed by atoms with Crippen molar-refractivity contribution >= 4 is 6.41 Å². The SMILES string of the molecule is O=CNC1CCCCC1C1CCCCC1. The quantitative estimate of drug-likeness (QED) is 0.711. The fourth-order valence-corrected chi connectivity index (χ4v) is 3.58. The van der Waals surface area contributed by atoms with Gasteiger partial charge in [-0.1, -0.05) is 44.9 Å². The summed E-state index contributed by atoms with van der Waals surface area (Å²) in [7, 11) is 0. The largest absolute Gasteiger partial charge is 0.356 e. The zero-order valence-corrected chi connectivity index (χ0v) is 9.58. The molecule has 2 aliphatic carbocycles. The minimum atomic E-state index is 0.486. The Morgan fingerprint density at radius 3 is 2.27 bits per heavy atom. The Hall–Kier alpha value is -0.530. The van der Waals surface area contributed by atoms with Crippen molar-refractivity contribution in [1.29, 1.82) is 0 Å². The Bertz CT molecular complexity index is 199. The standard InChI is InChI=1S/C13H23NO/c15-10-14-13-9-5-4-8-12(13)11-6-2-1-3-7-11/h10-13H,1-9H2,(H,14,15). The molecule has 2 saturated carbocycles. The minimum Gasteiger partial charge on any atom is -0.356 e. The van der Waals surface area contributed by atoms with Crippen molar-refractivity contribution < 1.29 is 4.79 Å². The van der Waals surface area contributed by atoms with E-state index in [9.17, 15) is 4.79 Å². The third kappa shape index (κ3) is 2.73. The molecular weight excluding hydrogens is 186 g/mol. The van der Waals surface area contributed by atoms with E-state index in [0.717, 1.165) is 18.2 Å². The summed E-state index contributed by atoms with van der Waals surface area (Å²) in [5, 5.41) is 3.05. The second-order valence-corrected chi connectivity index (χ2v) is 5.24. The fourth-order valence-electron chi connectivity index (χ4n) is 3.58. The monoisotopic (exact) mass is 209 g/mol. The van der Waals surface area contributed by atoms with Gasteiger partial charge in [0.2, 0.25) is 6.41 Å². The predicted molar refractivity (Wildman–Crippen MR) is 61.5 cm³/mol. The van der Waals surface area contributed by atoms with Crippen molar-refractivity contribution in [2.24, 2.45) is 11.8 Å². The minimum absolute atomic E-state index is 0.486. The second kappa shape index (κ2) is 5.53. The molecule has 86 valence electrons. The Morgan fingerprint density at radius 2 is 1.53 bits per heavy atom. The number of hydrogen-bond donors (Lipinski definition) is 1. The Kier molecular flexibility index (Phi) is 4.04. The highest BCUT2D eigenvalue weighted by atomic mass is 16.1.